The number of carbonyl (C=O) groups excluding carboxylic acids is 1. The van der Waals surface area contributed by atoms with Crippen molar-refractivity contribution in [1.29, 1.82) is 0 Å². The maximum atomic E-state index is 12.6. The monoisotopic (exact) mass is 317 g/mol. The van der Waals surface area contributed by atoms with E-state index in [4.69, 9.17) is 4.74 Å². The molecule has 0 aliphatic carbocycles. The minimum absolute atomic E-state index is 0.0218. The molecule has 0 saturated carbocycles. The van der Waals surface area contributed by atoms with Crippen LogP contribution in [0.25, 0.3) is 0 Å². The van der Waals surface area contributed by atoms with Gasteiger partial charge in [0.2, 0.25) is 0 Å². The third-order valence-corrected chi connectivity index (χ3v) is 4.60. The molecular formula is C18H27N3O2. The van der Waals surface area contributed by atoms with E-state index in [-0.39, 0.29) is 12.1 Å². The molecule has 2 amide bonds. The van der Waals surface area contributed by atoms with Crippen LogP contribution >= 0.6 is 0 Å². The maximum absolute atomic E-state index is 12.6. The molecule has 126 valence electrons. The van der Waals surface area contributed by atoms with E-state index in [1.165, 1.54) is 25.9 Å². The van der Waals surface area contributed by atoms with Crippen LogP contribution in [0, 0.1) is 0 Å². The summed E-state index contributed by atoms with van der Waals surface area (Å²) in [6.45, 7) is 8.01. The number of nitrogens with one attached hydrogen (secondary N) is 1. The normalized spacial score (nSPS) is 21.9. The first-order chi connectivity index (χ1) is 11.1. The third kappa shape index (κ3) is 3.96. The number of urea groups is 1. The molecule has 23 heavy (non-hydrogen) atoms. The molecule has 1 aromatic carbocycles. The Morgan fingerprint density at radius 3 is 2.70 bits per heavy atom. The van der Waals surface area contributed by atoms with Gasteiger partial charge < -0.3 is 15.0 Å². The van der Waals surface area contributed by atoms with E-state index in [0.717, 1.165) is 30.9 Å². The lowest BCUT2D eigenvalue weighted by atomic mass is 10.2. The lowest BCUT2D eigenvalue weighted by molar-refractivity contribution is 0.209. The molecule has 2 fully saturated rings. The highest BCUT2D eigenvalue weighted by Gasteiger charge is 2.31. The van der Waals surface area contributed by atoms with Gasteiger partial charge in [-0.25, -0.2) is 4.79 Å². The van der Waals surface area contributed by atoms with Crippen LogP contribution in [-0.2, 0) is 0 Å². The van der Waals surface area contributed by atoms with Gasteiger partial charge in [0.05, 0.1) is 11.8 Å². The topological polar surface area (TPSA) is 44.8 Å². The number of hydrogen-bond donors (Lipinski definition) is 1. The summed E-state index contributed by atoms with van der Waals surface area (Å²) >= 11 is 0. The Hall–Kier alpha value is -1.75. The summed E-state index contributed by atoms with van der Waals surface area (Å²) in [7, 11) is 0. The standard InChI is InChI=1S/C18H27N3O2/c1-14(2)23-17-8-4-3-7-16(17)19-18(22)21-12-9-15(13-21)20-10-5-6-11-20/h3-4,7-8,14-15H,5-6,9-13H2,1-2H3,(H,19,22). The second-order valence-electron chi connectivity index (χ2n) is 6.72. The Morgan fingerprint density at radius 2 is 1.96 bits per heavy atom. The van der Waals surface area contributed by atoms with E-state index in [0.29, 0.717) is 6.04 Å². The van der Waals surface area contributed by atoms with Crippen molar-refractivity contribution in [1.82, 2.24) is 9.80 Å². The van der Waals surface area contributed by atoms with Gasteiger partial charge in [0, 0.05) is 19.1 Å². The number of nitrogens with zero attached hydrogens (tertiary/aromatic N) is 2. The summed E-state index contributed by atoms with van der Waals surface area (Å²) in [5.74, 6) is 0.728. The van der Waals surface area contributed by atoms with Gasteiger partial charge in [-0.1, -0.05) is 12.1 Å². The predicted molar refractivity (Wildman–Crippen MR) is 92.0 cm³/mol. The average molecular weight is 317 g/mol. The largest absolute Gasteiger partial charge is 0.489 e. The Labute approximate surface area is 138 Å². The molecule has 0 radical (unpaired) electrons. The lowest BCUT2D eigenvalue weighted by Gasteiger charge is -2.24. The molecule has 1 atom stereocenters. The van der Waals surface area contributed by atoms with Crippen LogP contribution in [-0.4, -0.2) is 54.2 Å². The summed E-state index contributed by atoms with van der Waals surface area (Å²) in [4.78, 5) is 17.0. The molecule has 1 aromatic rings. The van der Waals surface area contributed by atoms with E-state index < -0.39 is 0 Å². The van der Waals surface area contributed by atoms with Crippen LogP contribution in [0.2, 0.25) is 0 Å². The third-order valence-electron chi connectivity index (χ3n) is 4.60. The fourth-order valence-corrected chi connectivity index (χ4v) is 3.45. The molecule has 0 bridgehead atoms. The number of benzene rings is 1. The van der Waals surface area contributed by atoms with Gasteiger partial charge in [-0.15, -0.1) is 0 Å². The van der Waals surface area contributed by atoms with Gasteiger partial charge in [0.15, 0.2) is 0 Å². The number of amides is 2. The fraction of sp³-hybridized carbons (Fsp3) is 0.611. The molecule has 2 heterocycles. The Morgan fingerprint density at radius 1 is 1.22 bits per heavy atom. The number of ether oxygens (including phenoxy) is 1. The Balaban J connectivity index is 1.59. The first kappa shape index (κ1) is 16.1. The van der Waals surface area contributed by atoms with E-state index in [9.17, 15) is 4.79 Å². The van der Waals surface area contributed by atoms with Crippen molar-refractivity contribution < 1.29 is 9.53 Å². The molecule has 1 N–H and O–H groups in total. The van der Waals surface area contributed by atoms with E-state index in [2.05, 4.69) is 10.2 Å². The quantitative estimate of drug-likeness (QED) is 0.927. The minimum atomic E-state index is -0.0218. The number of carbonyl (C=O) groups is 1. The molecule has 2 aliphatic rings. The van der Waals surface area contributed by atoms with Crippen LogP contribution in [0.5, 0.6) is 5.75 Å². The smallest absolute Gasteiger partial charge is 0.322 e. The second-order valence-corrected chi connectivity index (χ2v) is 6.72. The zero-order valence-electron chi connectivity index (χ0n) is 14.1. The van der Waals surface area contributed by atoms with Gasteiger partial charge in [0.25, 0.3) is 0 Å². The molecule has 3 rings (SSSR count). The van der Waals surface area contributed by atoms with E-state index in [1.54, 1.807) is 0 Å². The maximum Gasteiger partial charge on any atom is 0.322 e. The van der Waals surface area contributed by atoms with Gasteiger partial charge >= 0.3 is 6.03 Å². The lowest BCUT2D eigenvalue weighted by Crippen LogP contribution is -2.38. The van der Waals surface area contributed by atoms with Crippen molar-refractivity contribution in [2.75, 3.05) is 31.5 Å². The Kier molecular flexibility index (Phi) is 5.06. The highest BCUT2D eigenvalue weighted by Crippen LogP contribution is 2.26. The van der Waals surface area contributed by atoms with Crippen molar-refractivity contribution in [3.05, 3.63) is 24.3 Å². The molecular weight excluding hydrogens is 290 g/mol. The summed E-state index contributed by atoms with van der Waals surface area (Å²) in [5, 5.41) is 3.01. The summed E-state index contributed by atoms with van der Waals surface area (Å²) in [6.07, 6.45) is 3.75. The van der Waals surface area contributed by atoms with Gasteiger partial charge in [-0.2, -0.15) is 0 Å². The average Bonchev–Trinajstić information content (AvgIpc) is 3.19. The second kappa shape index (κ2) is 7.21. The molecule has 5 heteroatoms. The van der Waals surface area contributed by atoms with E-state index in [1.807, 2.05) is 43.0 Å². The van der Waals surface area contributed by atoms with Crippen LogP contribution in [0.3, 0.4) is 0 Å². The van der Waals surface area contributed by atoms with Crippen molar-refractivity contribution >= 4 is 11.7 Å². The summed E-state index contributed by atoms with van der Waals surface area (Å²) in [6, 6.07) is 8.14. The molecule has 0 aromatic heterocycles. The number of para-hydroxylation sites is 2. The zero-order chi connectivity index (χ0) is 16.2. The van der Waals surface area contributed by atoms with Crippen molar-refractivity contribution in [2.45, 2.75) is 45.3 Å². The fourth-order valence-electron chi connectivity index (χ4n) is 3.45. The molecule has 2 aliphatic heterocycles. The van der Waals surface area contributed by atoms with Gasteiger partial charge in [-0.05, 0) is 58.3 Å². The first-order valence-electron chi connectivity index (χ1n) is 8.69. The first-order valence-corrected chi connectivity index (χ1v) is 8.69. The number of rotatable bonds is 4. The minimum Gasteiger partial charge on any atom is -0.489 e. The Bertz CT molecular complexity index is 541. The van der Waals surface area contributed by atoms with E-state index >= 15 is 0 Å². The predicted octanol–water partition coefficient (Wildman–Crippen LogP) is 3.18. The SMILES string of the molecule is CC(C)Oc1ccccc1NC(=O)N1CCC(N2CCCC2)C1. The van der Waals surface area contributed by atoms with Crippen LogP contribution in [0.4, 0.5) is 10.5 Å². The van der Waals surface area contributed by atoms with Crippen molar-refractivity contribution in [3.63, 3.8) is 0 Å². The zero-order valence-corrected chi connectivity index (χ0v) is 14.1. The van der Waals surface area contributed by atoms with Crippen LogP contribution in [0.15, 0.2) is 24.3 Å². The molecule has 0 spiro atoms. The molecule has 5 nitrogen and oxygen atoms in total. The summed E-state index contributed by atoms with van der Waals surface area (Å²) in [5.41, 5.74) is 0.746. The highest BCUT2D eigenvalue weighted by atomic mass is 16.5. The van der Waals surface area contributed by atoms with Gasteiger partial charge in [-0.3, -0.25) is 4.90 Å². The van der Waals surface area contributed by atoms with Gasteiger partial charge in [0.1, 0.15) is 5.75 Å². The number of likely N-dealkylation sites (tertiary alicyclic amines) is 2. The summed E-state index contributed by atoms with van der Waals surface area (Å²) < 4.78 is 5.77. The van der Waals surface area contributed by atoms with Crippen LogP contribution < -0.4 is 10.1 Å². The highest BCUT2D eigenvalue weighted by molar-refractivity contribution is 5.91. The van der Waals surface area contributed by atoms with Crippen LogP contribution in [0.1, 0.15) is 33.1 Å². The van der Waals surface area contributed by atoms with Crippen molar-refractivity contribution in [3.8, 4) is 5.75 Å². The number of hydrogen-bond acceptors (Lipinski definition) is 3. The number of anilines is 1. The van der Waals surface area contributed by atoms with Crippen molar-refractivity contribution in [2.24, 2.45) is 0 Å². The molecule has 1 unspecified atom stereocenters. The molecule has 2 saturated heterocycles.